The van der Waals surface area contributed by atoms with Gasteiger partial charge in [0.05, 0.1) is 11.6 Å². The number of aromatic nitrogens is 1. The first-order valence-electron chi connectivity index (χ1n) is 8.50. The van der Waals surface area contributed by atoms with E-state index >= 15 is 0 Å². The van der Waals surface area contributed by atoms with Crippen LogP contribution in [0.4, 0.5) is 14.6 Å². The molecular formula is C19H16ClF2N5O. The van der Waals surface area contributed by atoms with Crippen LogP contribution in [0.25, 0.3) is 0 Å². The smallest absolute Gasteiger partial charge is 0.387 e. The van der Waals surface area contributed by atoms with Gasteiger partial charge in [-0.1, -0.05) is 23.7 Å². The van der Waals surface area contributed by atoms with Crippen LogP contribution < -0.4 is 10.1 Å². The van der Waals surface area contributed by atoms with E-state index in [-0.39, 0.29) is 17.4 Å². The number of nitrogens with zero attached hydrogens (tertiary/aromatic N) is 4. The number of halogens is 3. The molecule has 1 aliphatic heterocycles. The summed E-state index contributed by atoms with van der Waals surface area (Å²) < 4.78 is 28.9. The molecule has 0 aliphatic carbocycles. The van der Waals surface area contributed by atoms with Gasteiger partial charge >= 0.3 is 6.61 Å². The van der Waals surface area contributed by atoms with Crippen molar-refractivity contribution in [2.45, 2.75) is 26.1 Å². The number of ether oxygens (including phenoxy) is 1. The van der Waals surface area contributed by atoms with Crippen LogP contribution in [0.2, 0.25) is 5.15 Å². The van der Waals surface area contributed by atoms with E-state index in [4.69, 9.17) is 16.9 Å². The third-order valence-electron chi connectivity index (χ3n) is 4.43. The number of fused-ring (bicyclic) bond motifs is 1. The van der Waals surface area contributed by atoms with Crippen molar-refractivity contribution in [2.75, 3.05) is 18.4 Å². The summed E-state index contributed by atoms with van der Waals surface area (Å²) in [4.78, 5) is 6.36. The van der Waals surface area contributed by atoms with Crippen molar-refractivity contribution in [3.8, 4) is 17.9 Å². The Morgan fingerprint density at radius 1 is 1.25 bits per heavy atom. The number of pyridine rings is 1. The minimum Gasteiger partial charge on any atom is -0.435 e. The molecule has 0 bridgehead atoms. The monoisotopic (exact) mass is 403 g/mol. The van der Waals surface area contributed by atoms with Gasteiger partial charge in [0.25, 0.3) is 0 Å². The van der Waals surface area contributed by atoms with Crippen LogP contribution in [-0.4, -0.2) is 29.6 Å². The van der Waals surface area contributed by atoms with E-state index in [0.29, 0.717) is 30.9 Å². The number of rotatable bonds is 6. The number of hydrogen-bond donors (Lipinski definition) is 1. The van der Waals surface area contributed by atoms with Crippen LogP contribution in [0.15, 0.2) is 24.3 Å². The molecule has 0 saturated heterocycles. The first kappa shape index (κ1) is 19.8. The lowest BCUT2D eigenvalue weighted by Gasteiger charge is -2.30. The minimum absolute atomic E-state index is 0.0957. The Balaban J connectivity index is 1.79. The fourth-order valence-electron chi connectivity index (χ4n) is 3.21. The van der Waals surface area contributed by atoms with Gasteiger partial charge in [0.2, 0.25) is 0 Å². The molecule has 9 heteroatoms. The lowest BCUT2D eigenvalue weighted by Crippen LogP contribution is -2.31. The fourth-order valence-corrected chi connectivity index (χ4v) is 3.45. The Labute approximate surface area is 165 Å². The molecule has 0 unspecified atom stereocenters. The maximum atomic E-state index is 12.3. The average molecular weight is 404 g/mol. The zero-order valence-electron chi connectivity index (χ0n) is 14.8. The Hall–Kier alpha value is -2.94. The van der Waals surface area contributed by atoms with Gasteiger partial charge in [0, 0.05) is 25.2 Å². The highest BCUT2D eigenvalue weighted by Gasteiger charge is 2.25. The summed E-state index contributed by atoms with van der Waals surface area (Å²) in [6, 6.07) is 10.6. The molecule has 144 valence electrons. The molecule has 2 heterocycles. The predicted molar refractivity (Wildman–Crippen MR) is 99.0 cm³/mol. The number of benzene rings is 1. The van der Waals surface area contributed by atoms with E-state index in [0.717, 1.165) is 23.2 Å². The van der Waals surface area contributed by atoms with Gasteiger partial charge in [0.1, 0.15) is 29.3 Å². The summed E-state index contributed by atoms with van der Waals surface area (Å²) in [5, 5.41) is 21.3. The average Bonchev–Trinajstić information content (AvgIpc) is 2.67. The normalized spacial score (nSPS) is 13.5. The van der Waals surface area contributed by atoms with Crippen molar-refractivity contribution in [2.24, 2.45) is 0 Å². The molecule has 28 heavy (non-hydrogen) atoms. The summed E-state index contributed by atoms with van der Waals surface area (Å²) in [7, 11) is 0. The van der Waals surface area contributed by atoms with Gasteiger partial charge in [-0.2, -0.15) is 19.3 Å². The summed E-state index contributed by atoms with van der Waals surface area (Å²) >= 11 is 6.16. The van der Waals surface area contributed by atoms with E-state index < -0.39 is 6.61 Å². The van der Waals surface area contributed by atoms with E-state index in [1.807, 2.05) is 6.07 Å². The van der Waals surface area contributed by atoms with Gasteiger partial charge in [-0.15, -0.1) is 0 Å². The van der Waals surface area contributed by atoms with Gasteiger partial charge in [-0.3, -0.25) is 4.90 Å². The van der Waals surface area contributed by atoms with Crippen LogP contribution in [0.5, 0.6) is 5.75 Å². The molecule has 3 rings (SSSR count). The van der Waals surface area contributed by atoms with Crippen molar-refractivity contribution < 1.29 is 13.5 Å². The number of nitrogens with one attached hydrogen (secondary N) is 1. The zero-order chi connectivity index (χ0) is 20.1. The lowest BCUT2D eigenvalue weighted by molar-refractivity contribution is -0.0498. The first-order chi connectivity index (χ1) is 13.5. The third-order valence-corrected chi connectivity index (χ3v) is 4.70. The maximum Gasteiger partial charge on any atom is 0.387 e. The van der Waals surface area contributed by atoms with Crippen molar-refractivity contribution in [1.82, 2.24) is 9.88 Å². The first-order valence-corrected chi connectivity index (χ1v) is 8.88. The van der Waals surface area contributed by atoms with Crippen LogP contribution in [0, 0.1) is 22.7 Å². The van der Waals surface area contributed by atoms with E-state index in [2.05, 4.69) is 26.0 Å². The molecule has 6 nitrogen and oxygen atoms in total. The molecule has 0 amide bonds. The largest absolute Gasteiger partial charge is 0.435 e. The van der Waals surface area contributed by atoms with Gasteiger partial charge in [-0.05, 0) is 29.7 Å². The highest BCUT2D eigenvalue weighted by atomic mass is 35.5. The van der Waals surface area contributed by atoms with Crippen molar-refractivity contribution >= 4 is 17.4 Å². The number of alkyl halides is 2. The van der Waals surface area contributed by atoms with Crippen LogP contribution in [0.1, 0.15) is 22.3 Å². The van der Waals surface area contributed by atoms with Crippen molar-refractivity contribution in [3.05, 3.63) is 51.7 Å². The standard InChI is InChI=1S/C19H16ClF2N5O/c20-17-15(9-24)16-11-27(8-5-14(16)18(26-17)25-7-6-23)10-12-1-3-13(4-2-12)28-19(21)22/h1-4,19H,5,7-8,10-11H2,(H,25,26). The van der Waals surface area contributed by atoms with Gasteiger partial charge < -0.3 is 10.1 Å². The maximum absolute atomic E-state index is 12.3. The second kappa shape index (κ2) is 8.83. The van der Waals surface area contributed by atoms with Crippen LogP contribution >= 0.6 is 11.6 Å². The third kappa shape index (κ3) is 4.48. The van der Waals surface area contributed by atoms with Crippen LogP contribution in [-0.2, 0) is 19.5 Å². The highest BCUT2D eigenvalue weighted by Crippen LogP contribution is 2.32. The molecule has 2 aromatic rings. The molecule has 0 atom stereocenters. The van der Waals surface area contributed by atoms with Crippen molar-refractivity contribution in [3.63, 3.8) is 0 Å². The molecule has 0 saturated carbocycles. The number of anilines is 1. The number of nitriles is 2. The zero-order valence-corrected chi connectivity index (χ0v) is 15.5. The molecule has 1 N–H and O–H groups in total. The summed E-state index contributed by atoms with van der Waals surface area (Å²) in [6.07, 6.45) is 0.647. The molecule has 0 fully saturated rings. The highest BCUT2D eigenvalue weighted by molar-refractivity contribution is 6.30. The molecule has 1 aromatic carbocycles. The Bertz CT molecular complexity index is 937. The van der Waals surface area contributed by atoms with E-state index in [1.165, 1.54) is 12.1 Å². The van der Waals surface area contributed by atoms with E-state index in [9.17, 15) is 14.0 Å². The summed E-state index contributed by atoms with van der Waals surface area (Å²) in [5.41, 5.74) is 2.97. The van der Waals surface area contributed by atoms with Crippen LogP contribution in [0.3, 0.4) is 0 Å². The molecule has 1 aromatic heterocycles. The Morgan fingerprint density at radius 2 is 2.00 bits per heavy atom. The van der Waals surface area contributed by atoms with E-state index in [1.54, 1.807) is 12.1 Å². The molecule has 0 radical (unpaired) electrons. The fraction of sp³-hybridized carbons (Fsp3) is 0.316. The second-order valence-electron chi connectivity index (χ2n) is 6.19. The Morgan fingerprint density at radius 3 is 2.64 bits per heavy atom. The van der Waals surface area contributed by atoms with Gasteiger partial charge in [0.15, 0.2) is 0 Å². The van der Waals surface area contributed by atoms with Gasteiger partial charge in [-0.25, -0.2) is 4.98 Å². The van der Waals surface area contributed by atoms with Crippen molar-refractivity contribution in [1.29, 1.82) is 10.5 Å². The quantitative estimate of drug-likeness (QED) is 0.584. The molecule has 1 aliphatic rings. The minimum atomic E-state index is -2.85. The second-order valence-corrected chi connectivity index (χ2v) is 6.55. The SMILES string of the molecule is N#CCNc1nc(Cl)c(C#N)c2c1CCN(Cc1ccc(OC(F)F)cc1)C2. The summed E-state index contributed by atoms with van der Waals surface area (Å²) in [6.45, 7) is -0.955. The molecular weight excluding hydrogens is 388 g/mol. The lowest BCUT2D eigenvalue weighted by atomic mass is 9.96. The Kier molecular flexibility index (Phi) is 6.25. The predicted octanol–water partition coefficient (Wildman–Crippen LogP) is 3.70. The summed E-state index contributed by atoms with van der Waals surface area (Å²) in [5.74, 6) is 0.647. The molecule has 0 spiro atoms. The topological polar surface area (TPSA) is 85.0 Å². The number of hydrogen-bond acceptors (Lipinski definition) is 6.